The number of H-pyrrole nitrogens is 1. The Morgan fingerprint density at radius 1 is 1.45 bits per heavy atom. The Morgan fingerprint density at radius 2 is 2.15 bits per heavy atom. The summed E-state index contributed by atoms with van der Waals surface area (Å²) >= 11 is 0. The average molecular weight is 282 g/mol. The van der Waals surface area contributed by atoms with Crippen molar-refractivity contribution in [3.05, 3.63) is 18.0 Å². The molecule has 0 saturated heterocycles. The molecule has 0 aliphatic carbocycles. The van der Waals surface area contributed by atoms with Crippen LogP contribution in [-0.2, 0) is 11.3 Å². The quantitative estimate of drug-likeness (QED) is 0.746. The minimum absolute atomic E-state index is 0.172. The van der Waals surface area contributed by atoms with Gasteiger partial charge in [-0.25, -0.2) is 4.79 Å². The summed E-state index contributed by atoms with van der Waals surface area (Å²) < 4.78 is 5.22. The van der Waals surface area contributed by atoms with Crippen LogP contribution in [0.25, 0.3) is 0 Å². The number of carbonyl (C=O) groups excluding carboxylic acids is 1. The number of aromatic nitrogens is 2. The van der Waals surface area contributed by atoms with Crippen LogP contribution in [0.1, 0.15) is 40.3 Å². The highest BCUT2D eigenvalue weighted by atomic mass is 16.6. The van der Waals surface area contributed by atoms with Crippen molar-refractivity contribution in [3.8, 4) is 0 Å². The summed E-state index contributed by atoms with van der Waals surface area (Å²) in [5.41, 5.74) is 0.550. The van der Waals surface area contributed by atoms with E-state index in [9.17, 15) is 4.79 Å². The summed E-state index contributed by atoms with van der Waals surface area (Å²) in [7, 11) is 0. The average Bonchev–Trinajstić information content (AvgIpc) is 2.78. The molecule has 1 aromatic heterocycles. The molecule has 0 aliphatic heterocycles. The van der Waals surface area contributed by atoms with Crippen molar-refractivity contribution in [3.63, 3.8) is 0 Å². The molecule has 0 saturated carbocycles. The maximum Gasteiger partial charge on any atom is 0.407 e. The molecule has 1 heterocycles. The lowest BCUT2D eigenvalue weighted by Gasteiger charge is -2.24. The molecule has 1 unspecified atom stereocenters. The van der Waals surface area contributed by atoms with E-state index in [-0.39, 0.29) is 12.1 Å². The number of ether oxygens (including phenoxy) is 1. The summed E-state index contributed by atoms with van der Waals surface area (Å²) in [6, 6.07) is 2.09. The molecule has 6 heteroatoms. The minimum Gasteiger partial charge on any atom is -0.444 e. The molecular formula is C14H26N4O2. The van der Waals surface area contributed by atoms with Crippen molar-refractivity contribution >= 4 is 6.09 Å². The summed E-state index contributed by atoms with van der Waals surface area (Å²) in [6.07, 6.45) is 1.34. The van der Waals surface area contributed by atoms with Gasteiger partial charge in [-0.3, -0.25) is 5.10 Å². The molecule has 0 radical (unpaired) electrons. The Morgan fingerprint density at radius 3 is 2.65 bits per heavy atom. The first kappa shape index (κ1) is 16.5. The van der Waals surface area contributed by atoms with Crippen LogP contribution >= 0.6 is 0 Å². The van der Waals surface area contributed by atoms with Gasteiger partial charge >= 0.3 is 6.09 Å². The Kier molecular flexibility index (Phi) is 6.01. The van der Waals surface area contributed by atoms with Crippen molar-refractivity contribution in [1.29, 1.82) is 0 Å². The maximum absolute atomic E-state index is 11.6. The van der Waals surface area contributed by atoms with Crippen LogP contribution in [0.15, 0.2) is 12.3 Å². The third-order valence-corrected chi connectivity index (χ3v) is 2.78. The first-order chi connectivity index (χ1) is 9.28. The summed E-state index contributed by atoms with van der Waals surface area (Å²) in [4.78, 5) is 11.6. The van der Waals surface area contributed by atoms with E-state index in [1.165, 1.54) is 0 Å². The molecule has 20 heavy (non-hydrogen) atoms. The summed E-state index contributed by atoms with van der Waals surface area (Å²) in [5.74, 6) is 0.396. The molecule has 114 valence electrons. The van der Waals surface area contributed by atoms with Gasteiger partial charge in [0.25, 0.3) is 0 Å². The number of nitrogens with zero attached hydrogens (tertiary/aromatic N) is 1. The Balaban J connectivity index is 2.37. The molecular weight excluding hydrogens is 256 g/mol. The lowest BCUT2D eigenvalue weighted by Crippen LogP contribution is -2.45. The number of hydrogen-bond acceptors (Lipinski definition) is 4. The number of rotatable bonds is 6. The van der Waals surface area contributed by atoms with Gasteiger partial charge in [-0.15, -0.1) is 0 Å². The van der Waals surface area contributed by atoms with Gasteiger partial charge in [0.15, 0.2) is 0 Å². The van der Waals surface area contributed by atoms with Crippen LogP contribution in [0.5, 0.6) is 0 Å². The standard InChI is InChI=1S/C14H26N4O2/c1-10(2)12(15-8-11-6-7-17-18-11)9-16-13(19)20-14(3,4)5/h6-7,10,12,15H,8-9H2,1-5H3,(H,16,19)(H,17,18). The molecule has 1 rings (SSSR count). The highest BCUT2D eigenvalue weighted by molar-refractivity contribution is 5.67. The fourth-order valence-corrected chi connectivity index (χ4v) is 1.68. The maximum atomic E-state index is 11.6. The number of nitrogens with one attached hydrogen (secondary N) is 3. The van der Waals surface area contributed by atoms with Crippen LogP contribution in [0.2, 0.25) is 0 Å². The number of amides is 1. The van der Waals surface area contributed by atoms with Crippen LogP contribution in [0.3, 0.4) is 0 Å². The van der Waals surface area contributed by atoms with E-state index in [0.717, 1.165) is 5.69 Å². The van der Waals surface area contributed by atoms with E-state index in [1.807, 2.05) is 26.8 Å². The normalized spacial score (nSPS) is 13.3. The lowest BCUT2D eigenvalue weighted by molar-refractivity contribution is 0.0519. The molecule has 0 fully saturated rings. The largest absolute Gasteiger partial charge is 0.444 e. The lowest BCUT2D eigenvalue weighted by atomic mass is 10.0. The van der Waals surface area contributed by atoms with Gasteiger partial charge < -0.3 is 15.4 Å². The van der Waals surface area contributed by atoms with Crippen LogP contribution < -0.4 is 10.6 Å². The predicted molar refractivity (Wildman–Crippen MR) is 78.3 cm³/mol. The van der Waals surface area contributed by atoms with Crippen molar-refractivity contribution in [2.75, 3.05) is 6.54 Å². The third-order valence-electron chi connectivity index (χ3n) is 2.78. The van der Waals surface area contributed by atoms with Crippen LogP contribution in [0, 0.1) is 5.92 Å². The topological polar surface area (TPSA) is 79.0 Å². The second-order valence-electron chi connectivity index (χ2n) is 6.20. The van der Waals surface area contributed by atoms with Gasteiger partial charge in [0.1, 0.15) is 5.60 Å². The Bertz CT molecular complexity index is 396. The highest BCUT2D eigenvalue weighted by Gasteiger charge is 2.18. The molecule has 1 aromatic rings. The van der Waals surface area contributed by atoms with Gasteiger partial charge in [-0.1, -0.05) is 13.8 Å². The molecule has 1 amide bonds. The van der Waals surface area contributed by atoms with E-state index in [1.54, 1.807) is 6.20 Å². The van der Waals surface area contributed by atoms with Gasteiger partial charge in [-0.05, 0) is 32.8 Å². The number of aromatic amines is 1. The van der Waals surface area contributed by atoms with Gasteiger partial charge in [0, 0.05) is 31.0 Å². The molecule has 6 nitrogen and oxygen atoms in total. The number of carbonyl (C=O) groups is 1. The first-order valence-electron chi connectivity index (χ1n) is 6.96. The molecule has 3 N–H and O–H groups in total. The van der Waals surface area contributed by atoms with E-state index in [0.29, 0.717) is 19.0 Å². The second-order valence-corrected chi connectivity index (χ2v) is 6.20. The SMILES string of the molecule is CC(C)C(CNC(=O)OC(C)(C)C)NCc1ccn[nH]1. The summed E-state index contributed by atoms with van der Waals surface area (Å²) in [5, 5.41) is 13.0. The van der Waals surface area contributed by atoms with E-state index < -0.39 is 5.60 Å². The highest BCUT2D eigenvalue weighted by Crippen LogP contribution is 2.07. The fourth-order valence-electron chi connectivity index (χ4n) is 1.68. The zero-order valence-electron chi connectivity index (χ0n) is 13.0. The van der Waals surface area contributed by atoms with Crippen molar-refractivity contribution < 1.29 is 9.53 Å². The van der Waals surface area contributed by atoms with E-state index >= 15 is 0 Å². The van der Waals surface area contributed by atoms with Gasteiger partial charge in [-0.2, -0.15) is 5.10 Å². The molecule has 0 spiro atoms. The zero-order chi connectivity index (χ0) is 15.2. The van der Waals surface area contributed by atoms with Crippen molar-refractivity contribution in [2.24, 2.45) is 5.92 Å². The number of hydrogen-bond donors (Lipinski definition) is 3. The van der Waals surface area contributed by atoms with E-state index in [2.05, 4.69) is 34.7 Å². The smallest absolute Gasteiger partial charge is 0.407 e. The van der Waals surface area contributed by atoms with Crippen LogP contribution in [0.4, 0.5) is 4.79 Å². The molecule has 0 aromatic carbocycles. The Hall–Kier alpha value is -1.56. The third kappa shape index (κ3) is 6.56. The first-order valence-corrected chi connectivity index (χ1v) is 6.96. The van der Waals surface area contributed by atoms with E-state index in [4.69, 9.17) is 4.74 Å². The Labute approximate surface area is 120 Å². The molecule has 0 aliphatic rings. The number of alkyl carbamates (subject to hydrolysis) is 1. The molecule has 0 bridgehead atoms. The van der Waals surface area contributed by atoms with Gasteiger partial charge in [0.05, 0.1) is 0 Å². The van der Waals surface area contributed by atoms with Crippen molar-refractivity contribution in [1.82, 2.24) is 20.8 Å². The molecule has 1 atom stereocenters. The minimum atomic E-state index is -0.471. The monoisotopic (exact) mass is 282 g/mol. The summed E-state index contributed by atoms with van der Waals surface area (Å²) in [6.45, 7) is 11.0. The van der Waals surface area contributed by atoms with Gasteiger partial charge in [0.2, 0.25) is 0 Å². The van der Waals surface area contributed by atoms with Crippen LogP contribution in [-0.4, -0.2) is 34.5 Å². The second kappa shape index (κ2) is 7.28. The predicted octanol–water partition coefficient (Wildman–Crippen LogP) is 2.05. The van der Waals surface area contributed by atoms with Crippen molar-refractivity contribution in [2.45, 2.75) is 52.8 Å². The zero-order valence-corrected chi connectivity index (χ0v) is 13.0. The fraction of sp³-hybridized carbons (Fsp3) is 0.714.